The molecule has 3 nitrogen and oxygen atoms in total. The quantitative estimate of drug-likeness (QED) is 0.920. The van der Waals surface area contributed by atoms with E-state index in [1.165, 1.54) is 12.0 Å². The van der Waals surface area contributed by atoms with Gasteiger partial charge in [0.05, 0.1) is 6.04 Å². The summed E-state index contributed by atoms with van der Waals surface area (Å²) in [5.41, 5.74) is 1.24. The third kappa shape index (κ3) is 2.88. The van der Waals surface area contributed by atoms with Gasteiger partial charge in [0.2, 0.25) is 5.91 Å². The summed E-state index contributed by atoms with van der Waals surface area (Å²) < 4.78 is 0. The molecule has 1 aromatic rings. The summed E-state index contributed by atoms with van der Waals surface area (Å²) in [4.78, 5) is 15.1. The van der Waals surface area contributed by atoms with E-state index in [-0.39, 0.29) is 12.2 Å². The highest BCUT2D eigenvalue weighted by molar-refractivity contribution is 7.99. The number of thiophene rings is 1. The predicted octanol–water partition coefficient (Wildman–Crippen LogP) is 3.49. The lowest BCUT2D eigenvalue weighted by molar-refractivity contribution is -0.133. The number of nitrogens with zero attached hydrogens (tertiary/aromatic N) is 1. The summed E-state index contributed by atoms with van der Waals surface area (Å²) in [7, 11) is 0. The number of rotatable bonds is 4. The van der Waals surface area contributed by atoms with Crippen LogP contribution in [0.25, 0.3) is 0 Å². The van der Waals surface area contributed by atoms with E-state index in [0.29, 0.717) is 23.1 Å². The van der Waals surface area contributed by atoms with Gasteiger partial charge in [-0.3, -0.25) is 10.1 Å². The van der Waals surface area contributed by atoms with Crippen molar-refractivity contribution in [2.75, 3.05) is 6.26 Å². The fraction of sp³-hybridized carbons (Fsp3) is 0.688. The fourth-order valence-electron chi connectivity index (χ4n) is 3.55. The number of carbonyl (C=O) groups excluding carboxylic acids is 1. The Morgan fingerprint density at radius 3 is 2.81 bits per heavy atom. The summed E-state index contributed by atoms with van der Waals surface area (Å²) in [6.45, 7) is 4.26. The zero-order chi connectivity index (χ0) is 15.0. The minimum absolute atomic E-state index is 0.0387. The molecule has 2 heterocycles. The van der Waals surface area contributed by atoms with Crippen molar-refractivity contribution in [3.8, 4) is 0 Å². The van der Waals surface area contributed by atoms with Crippen LogP contribution in [0.5, 0.6) is 0 Å². The van der Waals surface area contributed by atoms with Crippen molar-refractivity contribution in [1.82, 2.24) is 10.2 Å². The van der Waals surface area contributed by atoms with Crippen LogP contribution in [-0.2, 0) is 4.79 Å². The van der Waals surface area contributed by atoms with Gasteiger partial charge in [-0.1, -0.05) is 13.8 Å². The van der Waals surface area contributed by atoms with Gasteiger partial charge in [0.15, 0.2) is 0 Å². The maximum Gasteiger partial charge on any atom is 0.241 e. The van der Waals surface area contributed by atoms with Crippen LogP contribution in [0, 0.1) is 5.92 Å². The van der Waals surface area contributed by atoms with E-state index in [9.17, 15) is 4.79 Å². The van der Waals surface area contributed by atoms with Gasteiger partial charge in [-0.05, 0) is 53.8 Å². The first-order valence-corrected chi connectivity index (χ1v) is 9.98. The first-order valence-electron chi connectivity index (χ1n) is 7.75. The van der Waals surface area contributed by atoms with E-state index < -0.39 is 0 Å². The molecular weight excluding hydrogens is 300 g/mol. The van der Waals surface area contributed by atoms with Crippen LogP contribution in [0.15, 0.2) is 16.8 Å². The second kappa shape index (κ2) is 6.31. The molecule has 1 N–H and O–H groups in total. The zero-order valence-electron chi connectivity index (χ0n) is 12.9. The molecule has 0 bridgehead atoms. The highest BCUT2D eigenvalue weighted by Crippen LogP contribution is 2.38. The first kappa shape index (κ1) is 15.4. The lowest BCUT2D eigenvalue weighted by Crippen LogP contribution is -2.39. The van der Waals surface area contributed by atoms with Crippen LogP contribution in [0.4, 0.5) is 0 Å². The number of nitrogens with one attached hydrogen (secondary N) is 1. The number of carbonyl (C=O) groups is 1. The van der Waals surface area contributed by atoms with Gasteiger partial charge in [-0.2, -0.15) is 23.1 Å². The molecule has 0 aromatic carbocycles. The van der Waals surface area contributed by atoms with Crippen molar-refractivity contribution in [3.05, 3.63) is 22.4 Å². The number of hydrogen-bond acceptors (Lipinski definition) is 4. The van der Waals surface area contributed by atoms with Crippen molar-refractivity contribution in [1.29, 1.82) is 0 Å². The second-order valence-corrected chi connectivity index (χ2v) is 8.34. The minimum atomic E-state index is -0.0387. The van der Waals surface area contributed by atoms with Crippen LogP contribution >= 0.6 is 23.1 Å². The summed E-state index contributed by atoms with van der Waals surface area (Å²) in [5, 5.41) is 8.56. The SMILES string of the molecule is CSC1CCC(N2C(=O)C(C(C)C)NC2c2ccsc2)C1. The smallest absolute Gasteiger partial charge is 0.241 e. The van der Waals surface area contributed by atoms with Gasteiger partial charge in [0.1, 0.15) is 6.17 Å². The molecule has 4 atom stereocenters. The van der Waals surface area contributed by atoms with Crippen LogP contribution in [-0.4, -0.2) is 34.4 Å². The Morgan fingerprint density at radius 2 is 2.24 bits per heavy atom. The molecule has 116 valence electrons. The molecule has 1 saturated heterocycles. The van der Waals surface area contributed by atoms with E-state index in [0.717, 1.165) is 12.8 Å². The molecule has 1 aromatic heterocycles. The second-order valence-electron chi connectivity index (χ2n) is 6.42. The molecule has 1 aliphatic carbocycles. The Hall–Kier alpha value is -0.520. The number of hydrogen-bond donors (Lipinski definition) is 1. The van der Waals surface area contributed by atoms with Crippen molar-refractivity contribution in [3.63, 3.8) is 0 Å². The number of thioether (sulfide) groups is 1. The average molecular weight is 325 g/mol. The summed E-state index contributed by atoms with van der Waals surface area (Å²) >= 11 is 3.65. The molecule has 1 aliphatic heterocycles. The Labute approximate surface area is 135 Å². The summed E-state index contributed by atoms with van der Waals surface area (Å²) in [6.07, 6.45) is 5.77. The molecule has 4 unspecified atom stereocenters. The van der Waals surface area contributed by atoms with Crippen molar-refractivity contribution in [2.45, 2.75) is 56.6 Å². The molecule has 3 rings (SSSR count). The zero-order valence-corrected chi connectivity index (χ0v) is 14.5. The lowest BCUT2D eigenvalue weighted by atomic mass is 10.0. The van der Waals surface area contributed by atoms with Crippen molar-refractivity contribution in [2.24, 2.45) is 5.92 Å². The monoisotopic (exact) mass is 324 g/mol. The minimum Gasteiger partial charge on any atom is -0.318 e. The Kier molecular flexibility index (Phi) is 4.62. The summed E-state index contributed by atoms with van der Waals surface area (Å²) in [6, 6.07) is 2.51. The highest BCUT2D eigenvalue weighted by Gasteiger charge is 2.45. The molecular formula is C16H24N2OS2. The van der Waals surface area contributed by atoms with Gasteiger partial charge >= 0.3 is 0 Å². The normalized spacial score (nSPS) is 33.3. The van der Waals surface area contributed by atoms with Gasteiger partial charge in [0, 0.05) is 11.3 Å². The first-order chi connectivity index (χ1) is 10.1. The maximum absolute atomic E-state index is 12.9. The molecule has 21 heavy (non-hydrogen) atoms. The van der Waals surface area contributed by atoms with E-state index in [1.54, 1.807) is 11.3 Å². The van der Waals surface area contributed by atoms with Crippen molar-refractivity contribution >= 4 is 29.0 Å². The maximum atomic E-state index is 12.9. The predicted molar refractivity (Wildman–Crippen MR) is 90.6 cm³/mol. The molecule has 5 heteroatoms. The highest BCUT2D eigenvalue weighted by atomic mass is 32.2. The molecule has 0 radical (unpaired) electrons. The molecule has 2 aliphatic rings. The number of amides is 1. The largest absolute Gasteiger partial charge is 0.318 e. The lowest BCUT2D eigenvalue weighted by Gasteiger charge is -2.30. The molecule has 1 saturated carbocycles. The van der Waals surface area contributed by atoms with E-state index >= 15 is 0 Å². The van der Waals surface area contributed by atoms with E-state index in [1.807, 2.05) is 11.8 Å². The van der Waals surface area contributed by atoms with Crippen LogP contribution in [0.3, 0.4) is 0 Å². The third-order valence-corrected chi connectivity index (χ3v) is 6.54. The van der Waals surface area contributed by atoms with Crippen LogP contribution in [0.1, 0.15) is 44.8 Å². The van der Waals surface area contributed by atoms with Crippen LogP contribution in [0.2, 0.25) is 0 Å². The molecule has 2 fully saturated rings. The van der Waals surface area contributed by atoms with Gasteiger partial charge in [-0.25, -0.2) is 0 Å². The third-order valence-electron chi connectivity index (χ3n) is 4.75. The van der Waals surface area contributed by atoms with E-state index in [4.69, 9.17) is 0 Å². The van der Waals surface area contributed by atoms with Gasteiger partial charge in [0.25, 0.3) is 0 Å². The Balaban J connectivity index is 1.85. The molecule has 0 spiro atoms. The topological polar surface area (TPSA) is 32.3 Å². The van der Waals surface area contributed by atoms with E-state index in [2.05, 4.69) is 47.1 Å². The average Bonchev–Trinajstić information content (AvgIpc) is 3.16. The standard InChI is InChI=1S/C16H24N2OS2/c1-10(2)14-16(19)18(12-4-5-13(8-12)20-3)15(17-14)11-6-7-21-9-11/h6-7,9-10,12-15,17H,4-5,8H2,1-3H3. The van der Waals surface area contributed by atoms with Crippen LogP contribution < -0.4 is 5.32 Å². The Bertz CT molecular complexity index is 488. The summed E-state index contributed by atoms with van der Waals surface area (Å²) in [5.74, 6) is 0.634. The Morgan fingerprint density at radius 1 is 1.43 bits per heavy atom. The van der Waals surface area contributed by atoms with Crippen molar-refractivity contribution < 1.29 is 4.79 Å². The van der Waals surface area contributed by atoms with Gasteiger partial charge < -0.3 is 4.90 Å². The molecule has 1 amide bonds. The van der Waals surface area contributed by atoms with Gasteiger partial charge in [-0.15, -0.1) is 0 Å². The fourth-order valence-corrected chi connectivity index (χ4v) is 5.01.